The standard InChI is InChI=1S/C21H29N3O/c25-21(18-8-11-22-12-9-18)24-14-10-20-19(16-24)7-4-13-23(20)15-17-5-2-1-3-6-17/h1-2,8-9,11-12,17,19-20H,3-7,10,13-16H2/t17?,19-,20-/m0/s1. The fraction of sp³-hybridized carbons (Fsp3) is 0.619. The van der Waals surface area contributed by atoms with Crippen LogP contribution in [0.5, 0.6) is 0 Å². The predicted molar refractivity (Wildman–Crippen MR) is 99.3 cm³/mol. The number of piperidine rings is 2. The number of fused-ring (bicyclic) bond motifs is 1. The maximum absolute atomic E-state index is 12.7. The first-order valence-corrected chi connectivity index (χ1v) is 9.89. The van der Waals surface area contributed by atoms with E-state index in [4.69, 9.17) is 0 Å². The minimum absolute atomic E-state index is 0.176. The number of carbonyl (C=O) groups excluding carboxylic acids is 1. The third-order valence-corrected chi connectivity index (χ3v) is 6.27. The van der Waals surface area contributed by atoms with Crippen molar-refractivity contribution in [3.8, 4) is 0 Å². The fourth-order valence-corrected chi connectivity index (χ4v) is 4.95. The van der Waals surface area contributed by atoms with Crippen LogP contribution >= 0.6 is 0 Å². The van der Waals surface area contributed by atoms with Gasteiger partial charge in [0, 0.05) is 43.6 Å². The van der Waals surface area contributed by atoms with Crippen LogP contribution in [0.4, 0.5) is 0 Å². The van der Waals surface area contributed by atoms with Gasteiger partial charge in [-0.1, -0.05) is 12.2 Å². The van der Waals surface area contributed by atoms with Crippen LogP contribution in [0, 0.1) is 11.8 Å². The van der Waals surface area contributed by atoms with E-state index in [1.54, 1.807) is 12.4 Å². The Bertz CT molecular complexity index is 615. The van der Waals surface area contributed by atoms with Crippen LogP contribution in [-0.4, -0.2) is 52.9 Å². The molecule has 2 aliphatic heterocycles. The Hall–Kier alpha value is -1.68. The zero-order valence-electron chi connectivity index (χ0n) is 15.0. The summed E-state index contributed by atoms with van der Waals surface area (Å²) in [4.78, 5) is 21.6. The van der Waals surface area contributed by atoms with Crippen LogP contribution in [0.2, 0.25) is 0 Å². The summed E-state index contributed by atoms with van der Waals surface area (Å²) in [5.74, 6) is 1.66. The van der Waals surface area contributed by atoms with E-state index in [1.165, 1.54) is 45.2 Å². The summed E-state index contributed by atoms with van der Waals surface area (Å²) in [5, 5.41) is 0. The van der Waals surface area contributed by atoms with E-state index < -0.39 is 0 Å². The second kappa shape index (κ2) is 7.69. The summed E-state index contributed by atoms with van der Waals surface area (Å²) >= 11 is 0. The lowest BCUT2D eigenvalue weighted by atomic mass is 9.82. The first kappa shape index (κ1) is 16.8. The predicted octanol–water partition coefficient (Wildman–Crippen LogP) is 3.36. The minimum atomic E-state index is 0.176. The average Bonchev–Trinajstić information content (AvgIpc) is 2.69. The van der Waals surface area contributed by atoms with E-state index in [-0.39, 0.29) is 5.91 Å². The molecule has 0 spiro atoms. The van der Waals surface area contributed by atoms with Gasteiger partial charge in [0.2, 0.25) is 0 Å². The van der Waals surface area contributed by atoms with Gasteiger partial charge >= 0.3 is 0 Å². The zero-order valence-corrected chi connectivity index (χ0v) is 15.0. The Morgan fingerprint density at radius 2 is 2.00 bits per heavy atom. The van der Waals surface area contributed by atoms with Gasteiger partial charge in [-0.05, 0) is 69.0 Å². The number of rotatable bonds is 3. The lowest BCUT2D eigenvalue weighted by molar-refractivity contribution is 0.0138. The number of allylic oxidation sites excluding steroid dienone is 2. The van der Waals surface area contributed by atoms with E-state index in [0.717, 1.165) is 31.0 Å². The highest BCUT2D eigenvalue weighted by Crippen LogP contribution is 2.33. The molecular formula is C21H29N3O. The molecule has 2 saturated heterocycles. The van der Waals surface area contributed by atoms with Crippen molar-refractivity contribution in [3.63, 3.8) is 0 Å². The van der Waals surface area contributed by atoms with Crippen molar-refractivity contribution in [2.24, 2.45) is 11.8 Å². The second-order valence-electron chi connectivity index (χ2n) is 7.89. The van der Waals surface area contributed by atoms with Gasteiger partial charge in [0.25, 0.3) is 5.91 Å². The number of nitrogens with zero attached hydrogens (tertiary/aromatic N) is 3. The van der Waals surface area contributed by atoms with Crippen molar-refractivity contribution in [2.45, 2.75) is 44.6 Å². The van der Waals surface area contributed by atoms with Crippen molar-refractivity contribution < 1.29 is 4.79 Å². The fourth-order valence-electron chi connectivity index (χ4n) is 4.95. The molecular weight excluding hydrogens is 310 g/mol. The molecule has 1 aromatic rings. The Kier molecular flexibility index (Phi) is 5.16. The molecule has 4 heteroatoms. The third-order valence-electron chi connectivity index (χ3n) is 6.27. The van der Waals surface area contributed by atoms with E-state index in [1.807, 2.05) is 12.1 Å². The SMILES string of the molecule is O=C(c1ccncc1)N1CC[C@H]2[C@@H](CCCN2CC2CC=CCC2)C1. The van der Waals surface area contributed by atoms with Gasteiger partial charge in [-0.2, -0.15) is 0 Å². The van der Waals surface area contributed by atoms with Gasteiger partial charge in [0.1, 0.15) is 0 Å². The third kappa shape index (κ3) is 3.79. The van der Waals surface area contributed by atoms with Crippen LogP contribution in [0.15, 0.2) is 36.7 Å². The number of aromatic nitrogens is 1. The maximum atomic E-state index is 12.7. The van der Waals surface area contributed by atoms with Gasteiger partial charge in [-0.25, -0.2) is 0 Å². The van der Waals surface area contributed by atoms with Crippen molar-refractivity contribution in [2.75, 3.05) is 26.2 Å². The molecule has 0 saturated carbocycles. The molecule has 0 radical (unpaired) electrons. The van der Waals surface area contributed by atoms with Gasteiger partial charge in [-0.15, -0.1) is 0 Å². The number of pyridine rings is 1. The largest absolute Gasteiger partial charge is 0.338 e. The topological polar surface area (TPSA) is 36.4 Å². The lowest BCUT2D eigenvalue weighted by Crippen LogP contribution is -2.56. The molecule has 1 amide bonds. The Morgan fingerprint density at radius 3 is 2.80 bits per heavy atom. The van der Waals surface area contributed by atoms with E-state index in [2.05, 4.69) is 26.9 Å². The van der Waals surface area contributed by atoms with E-state index in [9.17, 15) is 4.79 Å². The molecule has 3 aliphatic rings. The normalized spacial score (nSPS) is 30.1. The molecule has 0 aromatic carbocycles. The molecule has 25 heavy (non-hydrogen) atoms. The molecule has 1 unspecified atom stereocenters. The molecule has 3 heterocycles. The summed E-state index contributed by atoms with van der Waals surface area (Å²) in [6.07, 6.45) is 15.6. The molecule has 1 aromatic heterocycles. The van der Waals surface area contributed by atoms with Gasteiger partial charge in [-0.3, -0.25) is 14.7 Å². The summed E-state index contributed by atoms with van der Waals surface area (Å²) in [7, 11) is 0. The summed E-state index contributed by atoms with van der Waals surface area (Å²) in [6, 6.07) is 4.34. The lowest BCUT2D eigenvalue weighted by Gasteiger charge is -2.48. The molecule has 3 atom stereocenters. The average molecular weight is 339 g/mol. The van der Waals surface area contributed by atoms with Crippen LogP contribution in [0.25, 0.3) is 0 Å². The zero-order chi connectivity index (χ0) is 17.1. The molecule has 4 rings (SSSR count). The van der Waals surface area contributed by atoms with Gasteiger partial charge in [0.05, 0.1) is 0 Å². The minimum Gasteiger partial charge on any atom is -0.338 e. The monoisotopic (exact) mass is 339 g/mol. The molecule has 2 fully saturated rings. The van der Waals surface area contributed by atoms with Crippen LogP contribution < -0.4 is 0 Å². The summed E-state index contributed by atoms with van der Waals surface area (Å²) in [5.41, 5.74) is 0.773. The first-order valence-electron chi connectivity index (χ1n) is 9.89. The molecule has 134 valence electrons. The Morgan fingerprint density at radius 1 is 1.12 bits per heavy atom. The molecule has 0 N–H and O–H groups in total. The summed E-state index contributed by atoms with van der Waals surface area (Å²) in [6.45, 7) is 4.32. The van der Waals surface area contributed by atoms with Crippen LogP contribution in [0.3, 0.4) is 0 Å². The quantitative estimate of drug-likeness (QED) is 0.792. The number of amides is 1. The smallest absolute Gasteiger partial charge is 0.253 e. The van der Waals surface area contributed by atoms with Crippen molar-refractivity contribution in [3.05, 3.63) is 42.2 Å². The highest BCUT2D eigenvalue weighted by molar-refractivity contribution is 5.94. The number of carbonyl (C=O) groups is 1. The maximum Gasteiger partial charge on any atom is 0.253 e. The second-order valence-corrected chi connectivity index (χ2v) is 7.89. The van der Waals surface area contributed by atoms with Crippen LogP contribution in [-0.2, 0) is 0 Å². The number of hydrogen-bond acceptors (Lipinski definition) is 3. The van der Waals surface area contributed by atoms with Crippen molar-refractivity contribution in [1.82, 2.24) is 14.8 Å². The Balaban J connectivity index is 1.38. The highest BCUT2D eigenvalue weighted by Gasteiger charge is 2.37. The van der Waals surface area contributed by atoms with Gasteiger partial charge < -0.3 is 4.90 Å². The van der Waals surface area contributed by atoms with E-state index >= 15 is 0 Å². The van der Waals surface area contributed by atoms with E-state index in [0.29, 0.717) is 12.0 Å². The number of hydrogen-bond donors (Lipinski definition) is 0. The molecule has 0 bridgehead atoms. The van der Waals surface area contributed by atoms with Crippen molar-refractivity contribution in [1.29, 1.82) is 0 Å². The van der Waals surface area contributed by atoms with Crippen molar-refractivity contribution >= 4 is 5.91 Å². The molecule has 4 nitrogen and oxygen atoms in total. The first-order chi connectivity index (χ1) is 12.3. The molecule has 1 aliphatic carbocycles. The van der Waals surface area contributed by atoms with Gasteiger partial charge in [0.15, 0.2) is 0 Å². The number of likely N-dealkylation sites (tertiary alicyclic amines) is 2. The summed E-state index contributed by atoms with van der Waals surface area (Å²) < 4.78 is 0. The highest BCUT2D eigenvalue weighted by atomic mass is 16.2. The Labute approximate surface area is 150 Å². The van der Waals surface area contributed by atoms with Crippen LogP contribution in [0.1, 0.15) is 48.9 Å².